The zero-order valence-electron chi connectivity index (χ0n) is 11.7. The van der Waals surface area contributed by atoms with Crippen LogP contribution < -0.4 is 10.6 Å². The molecule has 0 aromatic rings. The molecule has 0 unspecified atom stereocenters. The quantitative estimate of drug-likeness (QED) is 0.681. The van der Waals surface area contributed by atoms with Crippen LogP contribution in [0.2, 0.25) is 0 Å². The van der Waals surface area contributed by atoms with Crippen molar-refractivity contribution in [2.45, 2.75) is 65.3 Å². The lowest BCUT2D eigenvalue weighted by molar-refractivity contribution is 0.267. The van der Waals surface area contributed by atoms with Crippen LogP contribution in [0.5, 0.6) is 0 Å². The molecular formula is C14H30N2. The Labute approximate surface area is 102 Å². The van der Waals surface area contributed by atoms with Gasteiger partial charge in [0.1, 0.15) is 0 Å². The molecule has 0 radical (unpaired) electrons. The summed E-state index contributed by atoms with van der Waals surface area (Å²) in [4.78, 5) is 0. The van der Waals surface area contributed by atoms with Gasteiger partial charge in [-0.15, -0.1) is 0 Å². The van der Waals surface area contributed by atoms with E-state index in [2.05, 4.69) is 38.3 Å². The van der Waals surface area contributed by atoms with Crippen LogP contribution >= 0.6 is 0 Å². The zero-order valence-corrected chi connectivity index (χ0v) is 11.7. The third-order valence-corrected chi connectivity index (χ3v) is 3.87. The molecule has 0 saturated heterocycles. The summed E-state index contributed by atoms with van der Waals surface area (Å²) in [6.45, 7) is 12.4. The van der Waals surface area contributed by atoms with Crippen molar-refractivity contribution in [3.63, 3.8) is 0 Å². The molecule has 0 spiro atoms. The van der Waals surface area contributed by atoms with Crippen LogP contribution in [0.4, 0.5) is 0 Å². The molecule has 0 bridgehead atoms. The van der Waals surface area contributed by atoms with E-state index >= 15 is 0 Å². The summed E-state index contributed by atoms with van der Waals surface area (Å²) in [5.41, 5.74) is 0.874. The van der Waals surface area contributed by atoms with Gasteiger partial charge in [0.2, 0.25) is 0 Å². The molecule has 1 aliphatic rings. The lowest BCUT2D eigenvalue weighted by atomic mass is 9.83. The second-order valence-electron chi connectivity index (χ2n) is 6.41. The van der Waals surface area contributed by atoms with Crippen LogP contribution in [0.15, 0.2) is 0 Å². The predicted octanol–water partition coefficient (Wildman–Crippen LogP) is 2.93. The molecule has 16 heavy (non-hydrogen) atoms. The van der Waals surface area contributed by atoms with Crippen LogP contribution in [0, 0.1) is 5.41 Å². The van der Waals surface area contributed by atoms with Crippen molar-refractivity contribution in [3.8, 4) is 0 Å². The van der Waals surface area contributed by atoms with Crippen LogP contribution in [-0.2, 0) is 0 Å². The first-order valence-corrected chi connectivity index (χ1v) is 6.93. The van der Waals surface area contributed by atoms with Gasteiger partial charge in [0, 0.05) is 25.2 Å². The van der Waals surface area contributed by atoms with E-state index in [1.54, 1.807) is 0 Å². The van der Waals surface area contributed by atoms with E-state index in [1.165, 1.54) is 38.6 Å². The first-order valence-electron chi connectivity index (χ1n) is 6.93. The molecule has 1 fully saturated rings. The van der Waals surface area contributed by atoms with E-state index in [4.69, 9.17) is 0 Å². The molecule has 2 N–H and O–H groups in total. The molecule has 0 atom stereocenters. The Morgan fingerprint density at radius 2 is 1.69 bits per heavy atom. The van der Waals surface area contributed by atoms with Crippen molar-refractivity contribution < 1.29 is 0 Å². The van der Waals surface area contributed by atoms with Gasteiger partial charge in [0.25, 0.3) is 0 Å². The first-order chi connectivity index (χ1) is 7.47. The third-order valence-electron chi connectivity index (χ3n) is 3.87. The Bertz CT molecular complexity index is 187. The summed E-state index contributed by atoms with van der Waals surface area (Å²) in [7, 11) is 0. The van der Waals surface area contributed by atoms with Crippen LogP contribution in [-0.4, -0.2) is 25.2 Å². The lowest BCUT2D eigenvalue weighted by Gasteiger charge is -2.28. The van der Waals surface area contributed by atoms with Gasteiger partial charge in [-0.25, -0.2) is 0 Å². The van der Waals surface area contributed by atoms with Gasteiger partial charge < -0.3 is 10.6 Å². The molecule has 96 valence electrons. The summed E-state index contributed by atoms with van der Waals surface area (Å²) in [6.07, 6.45) is 7.09. The highest BCUT2D eigenvalue weighted by molar-refractivity contribution is 4.85. The fourth-order valence-electron chi connectivity index (χ4n) is 2.66. The molecule has 2 nitrogen and oxygen atoms in total. The molecule has 0 aromatic heterocycles. The van der Waals surface area contributed by atoms with Gasteiger partial charge in [0.15, 0.2) is 0 Å². The lowest BCUT2D eigenvalue weighted by Crippen LogP contribution is -2.42. The second-order valence-corrected chi connectivity index (χ2v) is 6.41. The molecule has 0 aromatic carbocycles. The minimum atomic E-state index is 0.248. The summed E-state index contributed by atoms with van der Waals surface area (Å²) in [5.74, 6) is 0. The Morgan fingerprint density at radius 3 is 2.19 bits per heavy atom. The van der Waals surface area contributed by atoms with Gasteiger partial charge in [-0.1, -0.05) is 19.8 Å². The summed E-state index contributed by atoms with van der Waals surface area (Å²) in [5, 5.41) is 7.14. The largest absolute Gasteiger partial charge is 0.315 e. The number of hydrogen-bond donors (Lipinski definition) is 2. The van der Waals surface area contributed by atoms with Gasteiger partial charge in [-0.3, -0.25) is 0 Å². The molecular weight excluding hydrogens is 196 g/mol. The molecule has 0 aliphatic heterocycles. The van der Waals surface area contributed by atoms with E-state index < -0.39 is 0 Å². The van der Waals surface area contributed by atoms with Gasteiger partial charge in [-0.05, 0) is 45.4 Å². The fourth-order valence-corrected chi connectivity index (χ4v) is 2.66. The van der Waals surface area contributed by atoms with Gasteiger partial charge in [0.05, 0.1) is 0 Å². The predicted molar refractivity (Wildman–Crippen MR) is 71.8 cm³/mol. The average molecular weight is 226 g/mol. The van der Waals surface area contributed by atoms with Crippen LogP contribution in [0.1, 0.15) is 59.8 Å². The average Bonchev–Trinajstić information content (AvgIpc) is 2.65. The maximum Gasteiger partial charge on any atom is 0.00970 e. The number of rotatable bonds is 6. The van der Waals surface area contributed by atoms with Gasteiger partial charge in [-0.2, -0.15) is 0 Å². The third kappa shape index (κ3) is 4.84. The van der Waals surface area contributed by atoms with E-state index in [-0.39, 0.29) is 5.54 Å². The van der Waals surface area contributed by atoms with E-state index in [1.807, 2.05) is 0 Å². The highest BCUT2D eigenvalue weighted by atomic mass is 15.0. The molecule has 1 rings (SSSR count). The fraction of sp³-hybridized carbons (Fsp3) is 1.00. The Morgan fingerprint density at radius 1 is 1.06 bits per heavy atom. The first kappa shape index (κ1) is 14.0. The van der Waals surface area contributed by atoms with Crippen molar-refractivity contribution in [2.24, 2.45) is 5.41 Å². The van der Waals surface area contributed by atoms with Crippen molar-refractivity contribution >= 4 is 0 Å². The highest BCUT2D eigenvalue weighted by Crippen LogP contribution is 2.40. The monoisotopic (exact) mass is 226 g/mol. The summed E-state index contributed by atoms with van der Waals surface area (Å²) in [6, 6.07) is 0. The smallest absolute Gasteiger partial charge is 0.00970 e. The number of hydrogen-bond acceptors (Lipinski definition) is 2. The molecule has 1 saturated carbocycles. The van der Waals surface area contributed by atoms with Crippen molar-refractivity contribution in [2.75, 3.05) is 19.6 Å². The van der Waals surface area contributed by atoms with Crippen molar-refractivity contribution in [3.05, 3.63) is 0 Å². The minimum Gasteiger partial charge on any atom is -0.315 e. The Hall–Kier alpha value is -0.0800. The van der Waals surface area contributed by atoms with Crippen LogP contribution in [0.3, 0.4) is 0 Å². The van der Waals surface area contributed by atoms with Crippen molar-refractivity contribution in [1.29, 1.82) is 0 Å². The topological polar surface area (TPSA) is 24.1 Å². The molecule has 0 amide bonds. The zero-order chi connectivity index (χ0) is 12.1. The minimum absolute atomic E-state index is 0.248. The molecule has 2 heteroatoms. The normalized spacial score (nSPS) is 20.2. The molecule has 1 aliphatic carbocycles. The van der Waals surface area contributed by atoms with E-state index in [9.17, 15) is 0 Å². The van der Waals surface area contributed by atoms with Gasteiger partial charge >= 0.3 is 0 Å². The Balaban J connectivity index is 2.10. The number of nitrogens with one attached hydrogen (secondary N) is 2. The maximum atomic E-state index is 3.63. The summed E-state index contributed by atoms with van der Waals surface area (Å²) < 4.78 is 0. The van der Waals surface area contributed by atoms with E-state index in [0.717, 1.165) is 13.1 Å². The summed E-state index contributed by atoms with van der Waals surface area (Å²) >= 11 is 0. The van der Waals surface area contributed by atoms with E-state index in [0.29, 0.717) is 5.41 Å². The van der Waals surface area contributed by atoms with Crippen molar-refractivity contribution in [1.82, 2.24) is 10.6 Å². The van der Waals surface area contributed by atoms with Crippen LogP contribution in [0.25, 0.3) is 0 Å². The Kier molecular flexibility index (Phi) is 5.26. The second kappa shape index (κ2) is 6.02. The highest BCUT2D eigenvalue weighted by Gasteiger charge is 2.31. The maximum absolute atomic E-state index is 3.63. The standard InChI is InChI=1S/C14H30N2/c1-5-14(8-6-7-9-14)12-15-10-11-16-13(2,3)4/h15-16H,5-12H2,1-4H3. The molecule has 0 heterocycles. The SMILES string of the molecule is CCC1(CNCCNC(C)(C)C)CCCC1.